The molecular weight excluding hydrogens is 324 g/mol. The summed E-state index contributed by atoms with van der Waals surface area (Å²) in [6.07, 6.45) is 1.39. The maximum Gasteiger partial charge on any atom is 0.319 e. The summed E-state index contributed by atoms with van der Waals surface area (Å²) in [6, 6.07) is 3.28. The van der Waals surface area contributed by atoms with Crippen LogP contribution in [0.5, 0.6) is 0 Å². The van der Waals surface area contributed by atoms with Gasteiger partial charge in [-0.1, -0.05) is 11.6 Å². The second-order valence-electron chi connectivity index (χ2n) is 5.37. The van der Waals surface area contributed by atoms with E-state index in [0.717, 1.165) is 6.42 Å². The fraction of sp³-hybridized carbons (Fsp3) is 0.429. The van der Waals surface area contributed by atoms with Gasteiger partial charge in [0.25, 0.3) is 5.69 Å². The minimum Gasteiger partial charge on any atom is -0.341 e. The quantitative estimate of drug-likeness (QED) is 0.634. The zero-order valence-corrected chi connectivity index (χ0v) is 13.3. The van der Waals surface area contributed by atoms with Crippen molar-refractivity contribution in [2.45, 2.75) is 25.8 Å². The van der Waals surface area contributed by atoms with Crippen molar-refractivity contribution >= 4 is 34.9 Å². The molecule has 1 aromatic rings. The van der Waals surface area contributed by atoms with E-state index in [1.54, 1.807) is 11.8 Å². The molecule has 1 aromatic carbocycles. The van der Waals surface area contributed by atoms with Gasteiger partial charge < -0.3 is 15.5 Å². The molecule has 0 saturated carbocycles. The van der Waals surface area contributed by atoms with Crippen molar-refractivity contribution in [3.63, 3.8) is 0 Å². The molecule has 0 radical (unpaired) electrons. The number of rotatable bonds is 5. The molecule has 1 aliphatic rings. The van der Waals surface area contributed by atoms with E-state index < -0.39 is 11.0 Å². The first-order valence-corrected chi connectivity index (χ1v) is 7.54. The highest BCUT2D eigenvalue weighted by Gasteiger charge is 2.22. The molecule has 1 atom stereocenters. The van der Waals surface area contributed by atoms with E-state index in [1.807, 2.05) is 0 Å². The minimum atomic E-state index is -0.618. The van der Waals surface area contributed by atoms with E-state index in [4.69, 9.17) is 11.6 Å². The molecule has 1 saturated heterocycles. The Bertz CT molecular complexity index is 637. The molecule has 0 spiro atoms. The number of benzene rings is 1. The standard InChI is InChI=1S/C14H17ClN4O4/c1-9(8-18-6-2-3-13(18)20)16-14(21)17-10-4-5-11(15)12(7-10)19(22)23/h4-5,7,9H,2-3,6,8H2,1H3,(H2,16,17,21)/t9-/m1/s1. The Hall–Kier alpha value is -2.35. The van der Waals surface area contributed by atoms with Gasteiger partial charge in [-0.25, -0.2) is 4.79 Å². The lowest BCUT2D eigenvalue weighted by molar-refractivity contribution is -0.384. The maximum atomic E-state index is 11.9. The zero-order chi connectivity index (χ0) is 17.0. The highest BCUT2D eigenvalue weighted by atomic mass is 35.5. The Morgan fingerprint density at radius 1 is 1.52 bits per heavy atom. The first kappa shape index (κ1) is 17.0. The van der Waals surface area contributed by atoms with Crippen LogP contribution in [0.2, 0.25) is 5.02 Å². The lowest BCUT2D eigenvalue weighted by Gasteiger charge is -2.21. The number of carbonyl (C=O) groups is 2. The monoisotopic (exact) mass is 340 g/mol. The van der Waals surface area contributed by atoms with E-state index >= 15 is 0 Å². The molecule has 0 aromatic heterocycles. The van der Waals surface area contributed by atoms with Crippen LogP contribution in [0.1, 0.15) is 19.8 Å². The normalized spacial score (nSPS) is 15.4. The van der Waals surface area contributed by atoms with Crippen molar-refractivity contribution < 1.29 is 14.5 Å². The third-order valence-electron chi connectivity index (χ3n) is 3.44. The number of nitro benzene ring substituents is 1. The van der Waals surface area contributed by atoms with E-state index in [0.29, 0.717) is 19.5 Å². The number of urea groups is 1. The van der Waals surface area contributed by atoms with Crippen LogP contribution < -0.4 is 10.6 Å². The first-order valence-electron chi connectivity index (χ1n) is 7.16. The second-order valence-corrected chi connectivity index (χ2v) is 5.77. The fourth-order valence-electron chi connectivity index (χ4n) is 2.39. The summed E-state index contributed by atoms with van der Waals surface area (Å²) in [6.45, 7) is 2.93. The van der Waals surface area contributed by atoms with Gasteiger partial charge in [0.05, 0.1) is 4.92 Å². The van der Waals surface area contributed by atoms with E-state index in [1.165, 1.54) is 18.2 Å². The van der Waals surface area contributed by atoms with Crippen LogP contribution in [0.3, 0.4) is 0 Å². The third kappa shape index (κ3) is 4.56. The number of amides is 3. The molecule has 0 unspecified atom stereocenters. The van der Waals surface area contributed by atoms with Gasteiger partial charge >= 0.3 is 6.03 Å². The van der Waals surface area contributed by atoms with Crippen LogP contribution in [-0.2, 0) is 4.79 Å². The second kappa shape index (κ2) is 7.28. The number of hydrogen-bond donors (Lipinski definition) is 2. The van der Waals surface area contributed by atoms with Crippen molar-refractivity contribution in [3.8, 4) is 0 Å². The average Bonchev–Trinajstić information content (AvgIpc) is 2.85. The van der Waals surface area contributed by atoms with E-state index in [2.05, 4.69) is 10.6 Å². The van der Waals surface area contributed by atoms with Gasteiger partial charge in [-0.3, -0.25) is 14.9 Å². The van der Waals surface area contributed by atoms with Crippen LogP contribution in [-0.4, -0.2) is 40.9 Å². The van der Waals surface area contributed by atoms with Crippen LogP contribution in [0.4, 0.5) is 16.2 Å². The smallest absolute Gasteiger partial charge is 0.319 e. The van der Waals surface area contributed by atoms with Gasteiger partial charge in [0.1, 0.15) is 5.02 Å². The molecule has 124 valence electrons. The molecule has 2 rings (SSSR count). The Balaban J connectivity index is 1.90. The van der Waals surface area contributed by atoms with Gasteiger partial charge in [-0.05, 0) is 25.5 Å². The molecule has 3 amide bonds. The molecule has 2 N–H and O–H groups in total. The van der Waals surface area contributed by atoms with Crippen molar-refractivity contribution in [2.75, 3.05) is 18.4 Å². The van der Waals surface area contributed by atoms with Crippen molar-refractivity contribution in [2.24, 2.45) is 0 Å². The Morgan fingerprint density at radius 2 is 2.26 bits per heavy atom. The summed E-state index contributed by atoms with van der Waals surface area (Å²) in [7, 11) is 0. The van der Waals surface area contributed by atoms with Crippen LogP contribution >= 0.6 is 11.6 Å². The highest BCUT2D eigenvalue weighted by Crippen LogP contribution is 2.27. The minimum absolute atomic E-state index is 0.00173. The molecule has 1 heterocycles. The molecule has 1 fully saturated rings. The predicted molar refractivity (Wildman–Crippen MR) is 85.5 cm³/mol. The number of nitro groups is 1. The summed E-state index contributed by atoms with van der Waals surface area (Å²) in [5.74, 6) is 0.0902. The third-order valence-corrected chi connectivity index (χ3v) is 3.76. The van der Waals surface area contributed by atoms with E-state index in [9.17, 15) is 19.7 Å². The van der Waals surface area contributed by atoms with Crippen LogP contribution in [0, 0.1) is 10.1 Å². The van der Waals surface area contributed by atoms with Gasteiger partial charge in [-0.2, -0.15) is 0 Å². The average molecular weight is 341 g/mol. The number of carbonyl (C=O) groups excluding carboxylic acids is 2. The topological polar surface area (TPSA) is 105 Å². The number of anilines is 1. The van der Waals surface area contributed by atoms with Crippen LogP contribution in [0.25, 0.3) is 0 Å². The summed E-state index contributed by atoms with van der Waals surface area (Å²) in [5, 5.41) is 16.0. The van der Waals surface area contributed by atoms with Crippen LogP contribution in [0.15, 0.2) is 18.2 Å². The molecule has 9 heteroatoms. The van der Waals surface area contributed by atoms with Gasteiger partial charge in [0, 0.05) is 37.3 Å². The molecule has 0 bridgehead atoms. The number of hydrogen-bond acceptors (Lipinski definition) is 4. The Kier molecular flexibility index (Phi) is 5.38. The van der Waals surface area contributed by atoms with Crippen molar-refractivity contribution in [3.05, 3.63) is 33.3 Å². The summed E-state index contributed by atoms with van der Waals surface area (Å²) in [5.41, 5.74) is -0.0109. The van der Waals surface area contributed by atoms with Gasteiger partial charge in [0.2, 0.25) is 5.91 Å². The summed E-state index contributed by atoms with van der Waals surface area (Å²) >= 11 is 5.71. The molecule has 1 aliphatic heterocycles. The summed E-state index contributed by atoms with van der Waals surface area (Å²) < 4.78 is 0. The number of halogens is 1. The van der Waals surface area contributed by atoms with E-state index in [-0.39, 0.29) is 28.3 Å². The van der Waals surface area contributed by atoms with Gasteiger partial charge in [0.15, 0.2) is 0 Å². The fourth-order valence-corrected chi connectivity index (χ4v) is 2.58. The van der Waals surface area contributed by atoms with Crippen molar-refractivity contribution in [1.82, 2.24) is 10.2 Å². The largest absolute Gasteiger partial charge is 0.341 e. The van der Waals surface area contributed by atoms with Gasteiger partial charge in [-0.15, -0.1) is 0 Å². The first-order chi connectivity index (χ1) is 10.9. The summed E-state index contributed by atoms with van der Waals surface area (Å²) in [4.78, 5) is 35.4. The molecule has 8 nitrogen and oxygen atoms in total. The molecule has 23 heavy (non-hydrogen) atoms. The molecular formula is C14H17ClN4O4. The molecule has 0 aliphatic carbocycles. The zero-order valence-electron chi connectivity index (χ0n) is 12.5. The highest BCUT2D eigenvalue weighted by molar-refractivity contribution is 6.32. The maximum absolute atomic E-state index is 11.9. The number of nitrogens with zero attached hydrogens (tertiary/aromatic N) is 2. The number of nitrogens with one attached hydrogen (secondary N) is 2. The lowest BCUT2D eigenvalue weighted by Crippen LogP contribution is -2.44. The Labute approximate surface area is 137 Å². The predicted octanol–water partition coefficient (Wildman–Crippen LogP) is 2.38. The number of likely N-dealkylation sites (tertiary alicyclic amines) is 1. The SMILES string of the molecule is C[C@H](CN1CCCC1=O)NC(=O)Nc1ccc(Cl)c([N+](=O)[O-])c1. The lowest BCUT2D eigenvalue weighted by atomic mass is 10.3. The van der Waals surface area contributed by atoms with Crippen molar-refractivity contribution in [1.29, 1.82) is 0 Å². The Morgan fingerprint density at radius 3 is 2.87 bits per heavy atom.